The third kappa shape index (κ3) is 4.56. The third-order valence-corrected chi connectivity index (χ3v) is 4.80. The quantitative estimate of drug-likeness (QED) is 0.291. The molecule has 154 valence electrons. The first kappa shape index (κ1) is 20.4. The van der Waals surface area contributed by atoms with E-state index in [2.05, 4.69) is 27.4 Å². The molecule has 3 rings (SSSR count). The van der Waals surface area contributed by atoms with Gasteiger partial charge in [0.2, 0.25) is 5.95 Å². The van der Waals surface area contributed by atoms with E-state index in [0.717, 1.165) is 25.7 Å². The molecule has 2 aromatic heterocycles. The number of benzene rings is 1. The van der Waals surface area contributed by atoms with Crippen molar-refractivity contribution in [1.29, 1.82) is 0 Å². The maximum atomic E-state index is 12.4. The van der Waals surface area contributed by atoms with E-state index in [1.54, 1.807) is 35.9 Å². The van der Waals surface area contributed by atoms with Crippen LogP contribution < -0.4 is 16.7 Å². The molecule has 9 nitrogen and oxygen atoms in total. The number of nitrogens with one attached hydrogen (secondary N) is 2. The number of rotatable bonds is 9. The van der Waals surface area contributed by atoms with Gasteiger partial charge in [-0.1, -0.05) is 44.7 Å². The van der Waals surface area contributed by atoms with Gasteiger partial charge in [-0.25, -0.2) is 10.2 Å². The minimum Gasteiger partial charge on any atom is -0.507 e. The normalized spacial score (nSPS) is 11.5. The van der Waals surface area contributed by atoms with Crippen LogP contribution in [-0.2, 0) is 13.6 Å². The van der Waals surface area contributed by atoms with Gasteiger partial charge in [-0.15, -0.1) is 0 Å². The van der Waals surface area contributed by atoms with E-state index < -0.39 is 11.2 Å². The number of aryl methyl sites for hydroxylation is 2. The zero-order valence-electron chi connectivity index (χ0n) is 16.7. The Hall–Kier alpha value is -3.36. The number of phenolic OH excluding ortho intramolecular Hbond substituents is 1. The fourth-order valence-corrected chi connectivity index (χ4v) is 3.17. The highest BCUT2D eigenvalue weighted by Crippen LogP contribution is 2.18. The van der Waals surface area contributed by atoms with E-state index in [4.69, 9.17) is 0 Å². The first-order valence-corrected chi connectivity index (χ1v) is 9.79. The topological polar surface area (TPSA) is 117 Å². The summed E-state index contributed by atoms with van der Waals surface area (Å²) in [5.74, 6) is 0.482. The smallest absolute Gasteiger partial charge is 0.329 e. The Morgan fingerprint density at radius 2 is 1.97 bits per heavy atom. The standard InChI is InChI=1S/C20H26N6O3/c1-3-4-5-6-9-12-26-16-17(25(2)20(29)23-18(16)28)22-19(26)24-21-13-14-10-7-8-11-15(14)27/h7-8,10-11,13,27H,3-6,9,12H2,1-2H3,(H,22,24)(H,23,28,29)/b21-13+. The first-order chi connectivity index (χ1) is 14.0. The average molecular weight is 398 g/mol. The number of anilines is 1. The molecule has 0 spiro atoms. The van der Waals surface area contributed by atoms with Crippen molar-refractivity contribution in [3.8, 4) is 5.75 Å². The predicted octanol–water partition coefficient (Wildman–Crippen LogP) is 2.55. The summed E-state index contributed by atoms with van der Waals surface area (Å²) in [5, 5.41) is 14.0. The number of hydrogen-bond donors (Lipinski definition) is 3. The molecular formula is C20H26N6O3. The highest BCUT2D eigenvalue weighted by Gasteiger charge is 2.16. The molecule has 0 saturated heterocycles. The van der Waals surface area contributed by atoms with Crippen molar-refractivity contribution in [1.82, 2.24) is 19.1 Å². The molecular weight excluding hydrogens is 372 g/mol. The number of hydrogen-bond acceptors (Lipinski definition) is 6. The Kier molecular flexibility index (Phi) is 6.48. The zero-order chi connectivity index (χ0) is 20.8. The van der Waals surface area contributed by atoms with Gasteiger partial charge in [0, 0.05) is 19.2 Å². The second-order valence-electron chi connectivity index (χ2n) is 6.92. The number of aromatic amines is 1. The van der Waals surface area contributed by atoms with E-state index in [1.165, 1.54) is 17.2 Å². The van der Waals surface area contributed by atoms with Gasteiger partial charge in [-0.2, -0.15) is 10.1 Å². The van der Waals surface area contributed by atoms with Gasteiger partial charge in [0.1, 0.15) is 5.75 Å². The highest BCUT2D eigenvalue weighted by atomic mass is 16.3. The lowest BCUT2D eigenvalue weighted by atomic mass is 10.1. The van der Waals surface area contributed by atoms with Crippen LogP contribution in [0.5, 0.6) is 5.75 Å². The van der Waals surface area contributed by atoms with Gasteiger partial charge >= 0.3 is 5.69 Å². The van der Waals surface area contributed by atoms with E-state index in [-0.39, 0.29) is 5.75 Å². The highest BCUT2D eigenvalue weighted by molar-refractivity contribution is 5.83. The monoisotopic (exact) mass is 398 g/mol. The maximum absolute atomic E-state index is 12.4. The van der Waals surface area contributed by atoms with Crippen molar-refractivity contribution in [3.63, 3.8) is 0 Å². The van der Waals surface area contributed by atoms with Crippen LogP contribution in [0.4, 0.5) is 5.95 Å². The minimum atomic E-state index is -0.514. The molecule has 0 aliphatic carbocycles. The summed E-state index contributed by atoms with van der Waals surface area (Å²) in [5.41, 5.74) is 3.04. The second-order valence-corrected chi connectivity index (χ2v) is 6.92. The van der Waals surface area contributed by atoms with E-state index in [0.29, 0.717) is 29.2 Å². The lowest BCUT2D eigenvalue weighted by Gasteiger charge is -2.08. The van der Waals surface area contributed by atoms with Crippen molar-refractivity contribution in [2.75, 3.05) is 5.43 Å². The molecule has 0 fully saturated rings. The molecule has 0 aliphatic heterocycles. The summed E-state index contributed by atoms with van der Waals surface area (Å²) < 4.78 is 3.06. The van der Waals surface area contributed by atoms with Crippen LogP contribution >= 0.6 is 0 Å². The molecule has 0 amide bonds. The largest absolute Gasteiger partial charge is 0.507 e. The van der Waals surface area contributed by atoms with Gasteiger partial charge < -0.3 is 9.67 Å². The first-order valence-electron chi connectivity index (χ1n) is 9.79. The summed E-state index contributed by atoms with van der Waals surface area (Å²) in [6.45, 7) is 2.74. The van der Waals surface area contributed by atoms with Crippen LogP contribution in [0, 0.1) is 0 Å². The van der Waals surface area contributed by atoms with Crippen molar-refractivity contribution >= 4 is 23.3 Å². The number of unbranched alkanes of at least 4 members (excludes halogenated alkanes) is 4. The Morgan fingerprint density at radius 1 is 1.21 bits per heavy atom. The van der Waals surface area contributed by atoms with Gasteiger partial charge in [0.15, 0.2) is 11.2 Å². The number of nitrogens with zero attached hydrogens (tertiary/aromatic N) is 4. The molecule has 0 saturated carbocycles. The van der Waals surface area contributed by atoms with Crippen molar-refractivity contribution in [2.45, 2.75) is 45.6 Å². The van der Waals surface area contributed by atoms with Crippen molar-refractivity contribution < 1.29 is 5.11 Å². The second kappa shape index (κ2) is 9.22. The molecule has 9 heteroatoms. The van der Waals surface area contributed by atoms with Gasteiger partial charge in [0.05, 0.1) is 6.21 Å². The summed E-state index contributed by atoms with van der Waals surface area (Å²) in [6, 6.07) is 6.82. The van der Waals surface area contributed by atoms with Crippen LogP contribution in [0.3, 0.4) is 0 Å². The van der Waals surface area contributed by atoms with Gasteiger partial charge in [0.25, 0.3) is 5.56 Å². The number of H-pyrrole nitrogens is 1. The number of aromatic nitrogens is 4. The van der Waals surface area contributed by atoms with Crippen molar-refractivity contribution in [3.05, 3.63) is 50.7 Å². The van der Waals surface area contributed by atoms with Gasteiger partial charge in [-0.05, 0) is 18.6 Å². The van der Waals surface area contributed by atoms with E-state index in [9.17, 15) is 14.7 Å². The number of imidazole rings is 1. The van der Waals surface area contributed by atoms with Gasteiger partial charge in [-0.3, -0.25) is 14.3 Å². The molecule has 0 unspecified atom stereocenters. The molecule has 2 heterocycles. The third-order valence-electron chi connectivity index (χ3n) is 4.80. The molecule has 29 heavy (non-hydrogen) atoms. The SMILES string of the molecule is CCCCCCCn1c(N/N=C/c2ccccc2O)nc2c1c(=O)[nH]c(=O)n2C. The van der Waals surface area contributed by atoms with Crippen LogP contribution in [-0.4, -0.2) is 30.4 Å². The molecule has 0 bridgehead atoms. The lowest BCUT2D eigenvalue weighted by molar-refractivity contribution is 0.474. The minimum absolute atomic E-state index is 0.112. The average Bonchev–Trinajstić information content (AvgIpc) is 3.07. The Bertz CT molecular complexity index is 1130. The van der Waals surface area contributed by atoms with Crippen LogP contribution in [0.2, 0.25) is 0 Å². The van der Waals surface area contributed by atoms with Crippen LogP contribution in [0.15, 0.2) is 39.0 Å². The van der Waals surface area contributed by atoms with Crippen LogP contribution in [0.1, 0.15) is 44.6 Å². The Labute approximate surface area is 167 Å². The predicted molar refractivity (Wildman–Crippen MR) is 114 cm³/mol. The zero-order valence-corrected chi connectivity index (χ0v) is 16.7. The maximum Gasteiger partial charge on any atom is 0.329 e. The molecule has 0 aliphatic rings. The van der Waals surface area contributed by atoms with Crippen LogP contribution in [0.25, 0.3) is 11.2 Å². The number of fused-ring (bicyclic) bond motifs is 1. The van der Waals surface area contributed by atoms with E-state index in [1.807, 2.05) is 0 Å². The Balaban J connectivity index is 1.92. The summed E-state index contributed by atoms with van der Waals surface area (Å²) >= 11 is 0. The summed E-state index contributed by atoms with van der Waals surface area (Å²) in [7, 11) is 1.56. The number of para-hydroxylation sites is 1. The molecule has 3 N–H and O–H groups in total. The number of phenols is 1. The van der Waals surface area contributed by atoms with E-state index >= 15 is 0 Å². The molecule has 0 atom stereocenters. The summed E-state index contributed by atoms with van der Waals surface area (Å²) in [4.78, 5) is 31.1. The lowest BCUT2D eigenvalue weighted by Crippen LogP contribution is -2.29. The summed E-state index contributed by atoms with van der Waals surface area (Å²) in [6.07, 6.45) is 6.86. The number of hydrazone groups is 1. The molecule has 0 radical (unpaired) electrons. The van der Waals surface area contributed by atoms with Crippen molar-refractivity contribution in [2.24, 2.45) is 12.1 Å². The number of aromatic hydroxyl groups is 1. The molecule has 1 aromatic carbocycles. The Morgan fingerprint density at radius 3 is 2.72 bits per heavy atom. The fraction of sp³-hybridized carbons (Fsp3) is 0.400. The fourth-order valence-electron chi connectivity index (χ4n) is 3.17. The molecule has 3 aromatic rings.